The van der Waals surface area contributed by atoms with E-state index in [-0.39, 0.29) is 0 Å². The van der Waals surface area contributed by atoms with Crippen LogP contribution in [0.3, 0.4) is 0 Å². The summed E-state index contributed by atoms with van der Waals surface area (Å²) in [4.78, 5) is 2.37. The van der Waals surface area contributed by atoms with E-state index in [2.05, 4.69) is 29.9 Å². The molecular weight excluding hydrogens is 234 g/mol. The number of likely N-dealkylation sites (tertiary alicyclic amines) is 1. The Bertz CT molecular complexity index is 570. The van der Waals surface area contributed by atoms with Crippen LogP contribution < -0.4 is 0 Å². The molecule has 0 saturated carbocycles. The van der Waals surface area contributed by atoms with Crippen molar-refractivity contribution in [1.29, 1.82) is 0 Å². The summed E-state index contributed by atoms with van der Waals surface area (Å²) in [7, 11) is 0. The third-order valence-electron chi connectivity index (χ3n) is 4.22. The Morgan fingerprint density at radius 2 is 2.21 bits per heavy atom. The average molecular weight is 253 g/mol. The first-order valence-corrected chi connectivity index (χ1v) is 6.91. The molecule has 0 bridgehead atoms. The van der Waals surface area contributed by atoms with Crippen molar-refractivity contribution in [1.82, 2.24) is 4.90 Å². The van der Waals surface area contributed by atoms with Crippen LogP contribution in [0.4, 0.5) is 0 Å². The molecule has 0 unspecified atom stereocenters. The predicted molar refractivity (Wildman–Crippen MR) is 77.3 cm³/mol. The van der Waals surface area contributed by atoms with E-state index in [1.807, 2.05) is 6.26 Å². The van der Waals surface area contributed by atoms with E-state index in [4.69, 9.17) is 10.8 Å². The third kappa shape index (κ3) is 2.27. The van der Waals surface area contributed by atoms with Crippen molar-refractivity contribution >= 4 is 0 Å². The van der Waals surface area contributed by atoms with Crippen LogP contribution in [0.15, 0.2) is 29.1 Å². The van der Waals surface area contributed by atoms with E-state index in [9.17, 15) is 0 Å². The van der Waals surface area contributed by atoms with Crippen molar-refractivity contribution in [2.75, 3.05) is 19.6 Å². The topological polar surface area (TPSA) is 16.4 Å². The van der Waals surface area contributed by atoms with Gasteiger partial charge in [-0.25, -0.2) is 0 Å². The Morgan fingerprint density at radius 1 is 1.42 bits per heavy atom. The highest BCUT2D eigenvalue weighted by Crippen LogP contribution is 2.40. The summed E-state index contributed by atoms with van der Waals surface area (Å²) in [5, 5.41) is 0. The van der Waals surface area contributed by atoms with Crippen LogP contribution >= 0.6 is 0 Å². The highest BCUT2D eigenvalue weighted by atomic mass is 16.3. The molecule has 2 heteroatoms. The van der Waals surface area contributed by atoms with Crippen molar-refractivity contribution in [3.05, 3.63) is 35.8 Å². The van der Waals surface area contributed by atoms with E-state index < -0.39 is 0 Å². The Morgan fingerprint density at radius 3 is 2.95 bits per heavy atom. The minimum atomic E-state index is 0.661. The highest BCUT2D eigenvalue weighted by molar-refractivity contribution is 5.73. The van der Waals surface area contributed by atoms with E-state index in [1.54, 1.807) is 6.26 Å². The van der Waals surface area contributed by atoms with E-state index in [1.165, 1.54) is 35.1 Å². The lowest BCUT2D eigenvalue weighted by atomic mass is 9.86. The van der Waals surface area contributed by atoms with Crippen molar-refractivity contribution in [2.45, 2.75) is 25.7 Å². The Kier molecular flexibility index (Phi) is 3.31. The fourth-order valence-electron chi connectivity index (χ4n) is 3.31. The summed E-state index contributed by atoms with van der Waals surface area (Å²) in [6, 6.07) is 4.34. The molecule has 3 aliphatic rings. The zero-order valence-electron chi connectivity index (χ0n) is 11.4. The quantitative estimate of drug-likeness (QED) is 0.762. The summed E-state index contributed by atoms with van der Waals surface area (Å²) in [6.45, 7) is 5.21. The molecular formula is C17H19NO. The fourth-order valence-corrected chi connectivity index (χ4v) is 3.31. The summed E-state index contributed by atoms with van der Waals surface area (Å²) < 4.78 is 5.26. The zero-order chi connectivity index (χ0) is 13.2. The number of piperidine rings is 1. The molecule has 19 heavy (non-hydrogen) atoms. The molecule has 98 valence electrons. The normalized spacial score (nSPS) is 17.7. The molecule has 0 aromatic carbocycles. The zero-order valence-corrected chi connectivity index (χ0v) is 11.4. The lowest BCUT2D eigenvalue weighted by Crippen LogP contribution is -2.33. The van der Waals surface area contributed by atoms with Gasteiger partial charge in [0.15, 0.2) is 0 Å². The molecule has 0 radical (unpaired) electrons. The molecule has 0 aromatic rings. The molecule has 0 atom stereocenters. The smallest absolute Gasteiger partial charge is 0.0980 e. The Balaban J connectivity index is 1.83. The van der Waals surface area contributed by atoms with Crippen molar-refractivity contribution < 1.29 is 4.42 Å². The van der Waals surface area contributed by atoms with E-state index in [0.717, 1.165) is 19.6 Å². The first kappa shape index (κ1) is 12.3. The molecule has 1 fully saturated rings. The van der Waals surface area contributed by atoms with Gasteiger partial charge in [-0.2, -0.15) is 0 Å². The molecule has 2 nitrogen and oxygen atoms in total. The number of hydrogen-bond acceptors (Lipinski definition) is 2. The van der Waals surface area contributed by atoms with E-state index in [0.29, 0.717) is 5.92 Å². The number of hydrogen-bond donors (Lipinski definition) is 0. The van der Waals surface area contributed by atoms with Crippen LogP contribution in [0.2, 0.25) is 0 Å². The summed E-state index contributed by atoms with van der Waals surface area (Å²) in [6.07, 6.45) is 11.4. The van der Waals surface area contributed by atoms with Gasteiger partial charge in [-0.1, -0.05) is 5.92 Å². The predicted octanol–water partition coefficient (Wildman–Crippen LogP) is 3.51. The molecule has 0 N–H and O–H groups in total. The maximum absolute atomic E-state index is 5.39. The average Bonchev–Trinajstić information content (AvgIpc) is 2.76. The second-order valence-corrected chi connectivity index (χ2v) is 5.42. The van der Waals surface area contributed by atoms with Crippen LogP contribution in [0.5, 0.6) is 0 Å². The van der Waals surface area contributed by atoms with E-state index >= 15 is 0 Å². The number of aryl methyl sites for hydroxylation is 1. The fraction of sp³-hybridized carbons (Fsp3) is 0.412. The highest BCUT2D eigenvalue weighted by Gasteiger charge is 2.25. The molecule has 2 heterocycles. The first-order chi connectivity index (χ1) is 9.29. The molecule has 0 spiro atoms. The SMILES string of the molecule is C#CCN1CCC(c2c(C)cc3coccc2-3)CC1. The van der Waals surface area contributed by atoms with Gasteiger partial charge in [0, 0.05) is 5.56 Å². The molecule has 0 amide bonds. The largest absolute Gasteiger partial charge is 0.472 e. The monoisotopic (exact) mass is 253 g/mol. The summed E-state index contributed by atoms with van der Waals surface area (Å²) >= 11 is 0. The second-order valence-electron chi connectivity index (χ2n) is 5.42. The Labute approximate surface area is 114 Å². The number of fused-ring (bicyclic) bond motifs is 1. The van der Waals surface area contributed by atoms with Gasteiger partial charge in [-0.15, -0.1) is 6.42 Å². The third-order valence-corrected chi connectivity index (χ3v) is 4.22. The summed E-state index contributed by atoms with van der Waals surface area (Å²) in [5.74, 6) is 3.40. The van der Waals surface area contributed by atoms with Gasteiger partial charge >= 0.3 is 0 Å². The number of rotatable bonds is 2. The van der Waals surface area contributed by atoms with Crippen LogP contribution in [0.1, 0.15) is 29.9 Å². The minimum Gasteiger partial charge on any atom is -0.472 e. The van der Waals surface area contributed by atoms with Gasteiger partial charge in [0.1, 0.15) is 0 Å². The van der Waals surface area contributed by atoms with Crippen LogP contribution in [0, 0.1) is 19.3 Å². The summed E-state index contributed by atoms with van der Waals surface area (Å²) in [5.41, 5.74) is 5.50. The first-order valence-electron chi connectivity index (χ1n) is 6.91. The maximum atomic E-state index is 5.39. The Hall–Kier alpha value is -1.72. The molecule has 2 aliphatic heterocycles. The van der Waals surface area contributed by atoms with Crippen molar-refractivity contribution in [3.63, 3.8) is 0 Å². The van der Waals surface area contributed by atoms with Crippen molar-refractivity contribution in [2.24, 2.45) is 0 Å². The molecule has 1 saturated heterocycles. The van der Waals surface area contributed by atoms with Gasteiger partial charge in [-0.05, 0) is 67.6 Å². The van der Waals surface area contributed by atoms with Crippen molar-refractivity contribution in [3.8, 4) is 23.5 Å². The minimum absolute atomic E-state index is 0.661. The van der Waals surface area contributed by atoms with Gasteiger partial charge in [-0.3, -0.25) is 4.90 Å². The maximum Gasteiger partial charge on any atom is 0.0980 e. The van der Waals surface area contributed by atoms with Crippen LogP contribution in [-0.2, 0) is 0 Å². The molecule has 1 aliphatic carbocycles. The molecule has 0 aromatic heterocycles. The van der Waals surface area contributed by atoms with Gasteiger partial charge in [0.25, 0.3) is 0 Å². The van der Waals surface area contributed by atoms with Gasteiger partial charge < -0.3 is 4.42 Å². The lowest BCUT2D eigenvalue weighted by Gasteiger charge is -2.31. The molecule has 3 rings (SSSR count). The lowest BCUT2D eigenvalue weighted by molar-refractivity contribution is 0.236. The van der Waals surface area contributed by atoms with Gasteiger partial charge in [0.2, 0.25) is 0 Å². The van der Waals surface area contributed by atoms with Crippen LogP contribution in [-0.4, -0.2) is 24.5 Å². The second kappa shape index (κ2) is 5.11. The van der Waals surface area contributed by atoms with Crippen LogP contribution in [0.25, 0.3) is 11.1 Å². The number of nitrogens with zero attached hydrogens (tertiary/aromatic N) is 1. The number of terminal acetylenes is 1. The standard InChI is InChI=1S/C17H19NO/c1-3-7-18-8-4-14(5-9-18)17-13(2)11-15-12-19-10-6-16(15)17/h1,6,10-12,14H,4-5,7-9H2,2H3. The van der Waals surface area contributed by atoms with Gasteiger partial charge in [0.05, 0.1) is 19.1 Å².